The van der Waals surface area contributed by atoms with Crippen LogP contribution in [0.4, 0.5) is 11.6 Å². The third-order valence-electron chi connectivity index (χ3n) is 1.72. The Hall–Kier alpha value is -1.32. The Kier molecular flexibility index (Phi) is 3.28. The number of nitrogens with zero attached hydrogens (tertiary/aromatic N) is 2. The van der Waals surface area contributed by atoms with Gasteiger partial charge in [0.25, 0.3) is 0 Å². The van der Waals surface area contributed by atoms with E-state index in [4.69, 9.17) is 5.73 Å². The maximum atomic E-state index is 5.68. The lowest BCUT2D eigenvalue weighted by molar-refractivity contribution is 0.772. The van der Waals surface area contributed by atoms with Gasteiger partial charge >= 0.3 is 0 Å². The molecular formula is C10H18N4. The van der Waals surface area contributed by atoms with Crippen LogP contribution in [0.2, 0.25) is 0 Å². The number of hydrogen-bond acceptors (Lipinski definition) is 4. The van der Waals surface area contributed by atoms with Crippen LogP contribution in [0.1, 0.15) is 39.4 Å². The molecule has 0 aliphatic heterocycles. The number of aromatic nitrogens is 2. The molecule has 0 saturated carbocycles. The predicted molar refractivity (Wildman–Crippen MR) is 59.3 cm³/mol. The van der Waals surface area contributed by atoms with Crippen molar-refractivity contribution >= 4 is 11.6 Å². The summed E-state index contributed by atoms with van der Waals surface area (Å²) in [6.45, 7) is 8.22. The quantitative estimate of drug-likeness (QED) is 0.772. The summed E-state index contributed by atoms with van der Waals surface area (Å²) in [5.41, 5.74) is 5.68. The van der Waals surface area contributed by atoms with E-state index in [1.54, 1.807) is 6.07 Å². The lowest BCUT2D eigenvalue weighted by Crippen LogP contribution is -2.13. The van der Waals surface area contributed by atoms with Gasteiger partial charge in [-0.2, -0.15) is 0 Å². The lowest BCUT2D eigenvalue weighted by atomic mass is 10.2. The van der Waals surface area contributed by atoms with Crippen LogP contribution in [0, 0.1) is 0 Å². The zero-order valence-electron chi connectivity index (χ0n) is 9.20. The zero-order chi connectivity index (χ0) is 10.7. The SMILES string of the molecule is CC(C)Nc1cc(N)nc(C(C)C)n1. The van der Waals surface area contributed by atoms with Gasteiger partial charge in [-0.05, 0) is 13.8 Å². The molecular weight excluding hydrogens is 176 g/mol. The summed E-state index contributed by atoms with van der Waals surface area (Å²) in [6, 6.07) is 2.11. The van der Waals surface area contributed by atoms with Gasteiger partial charge in [0.2, 0.25) is 0 Å². The Morgan fingerprint density at radius 1 is 1.21 bits per heavy atom. The average molecular weight is 194 g/mol. The molecule has 0 bridgehead atoms. The summed E-state index contributed by atoms with van der Waals surface area (Å²) in [7, 11) is 0. The molecule has 78 valence electrons. The molecule has 1 rings (SSSR count). The average Bonchev–Trinajstić information content (AvgIpc) is 2.01. The summed E-state index contributed by atoms with van der Waals surface area (Å²) < 4.78 is 0. The molecule has 4 nitrogen and oxygen atoms in total. The molecule has 14 heavy (non-hydrogen) atoms. The predicted octanol–water partition coefficient (Wildman–Crippen LogP) is 2.00. The summed E-state index contributed by atoms with van der Waals surface area (Å²) >= 11 is 0. The van der Waals surface area contributed by atoms with E-state index >= 15 is 0 Å². The van der Waals surface area contributed by atoms with Crippen LogP contribution in [0.15, 0.2) is 6.07 Å². The summed E-state index contributed by atoms with van der Waals surface area (Å²) in [5.74, 6) is 2.41. The Balaban J connectivity index is 2.95. The molecule has 0 saturated heterocycles. The van der Waals surface area contributed by atoms with Gasteiger partial charge in [0, 0.05) is 18.0 Å². The van der Waals surface area contributed by atoms with E-state index in [1.165, 1.54) is 0 Å². The number of rotatable bonds is 3. The minimum absolute atomic E-state index is 0.297. The molecule has 0 aromatic carbocycles. The first-order valence-corrected chi connectivity index (χ1v) is 4.90. The van der Waals surface area contributed by atoms with E-state index in [1.807, 2.05) is 13.8 Å². The first kappa shape index (κ1) is 10.8. The molecule has 0 fully saturated rings. The molecule has 0 amide bonds. The Morgan fingerprint density at radius 2 is 1.86 bits per heavy atom. The summed E-state index contributed by atoms with van der Waals surface area (Å²) in [6.07, 6.45) is 0. The lowest BCUT2D eigenvalue weighted by Gasteiger charge is -2.12. The van der Waals surface area contributed by atoms with Crippen LogP contribution in [0.5, 0.6) is 0 Å². The topological polar surface area (TPSA) is 63.8 Å². The molecule has 0 aliphatic carbocycles. The highest BCUT2D eigenvalue weighted by molar-refractivity contribution is 5.45. The maximum Gasteiger partial charge on any atom is 0.135 e. The van der Waals surface area contributed by atoms with Crippen molar-refractivity contribution in [3.8, 4) is 0 Å². The molecule has 0 spiro atoms. The maximum absolute atomic E-state index is 5.68. The van der Waals surface area contributed by atoms with Crippen LogP contribution in [0.25, 0.3) is 0 Å². The van der Waals surface area contributed by atoms with Crippen molar-refractivity contribution in [3.05, 3.63) is 11.9 Å². The highest BCUT2D eigenvalue weighted by atomic mass is 15.1. The van der Waals surface area contributed by atoms with E-state index in [9.17, 15) is 0 Å². The van der Waals surface area contributed by atoms with Crippen LogP contribution >= 0.6 is 0 Å². The Labute approximate surface area is 85.0 Å². The van der Waals surface area contributed by atoms with E-state index < -0.39 is 0 Å². The van der Waals surface area contributed by atoms with Crippen LogP contribution < -0.4 is 11.1 Å². The van der Waals surface area contributed by atoms with Gasteiger partial charge in [-0.1, -0.05) is 13.8 Å². The number of nitrogens with one attached hydrogen (secondary N) is 1. The summed E-state index contributed by atoms with van der Waals surface area (Å²) in [5, 5.41) is 3.21. The minimum Gasteiger partial charge on any atom is -0.384 e. The van der Waals surface area contributed by atoms with Gasteiger partial charge < -0.3 is 11.1 Å². The number of nitrogens with two attached hydrogens (primary N) is 1. The van der Waals surface area contributed by atoms with Gasteiger partial charge in [0.1, 0.15) is 17.5 Å². The fraction of sp³-hybridized carbons (Fsp3) is 0.600. The van der Waals surface area contributed by atoms with Gasteiger partial charge in [-0.3, -0.25) is 0 Å². The standard InChI is InChI=1S/C10H18N4/c1-6(2)10-13-8(11)5-9(14-10)12-7(3)4/h5-7H,1-4H3,(H3,11,12,13,14). The fourth-order valence-electron chi connectivity index (χ4n) is 1.11. The van der Waals surface area contributed by atoms with Crippen molar-refractivity contribution in [1.82, 2.24) is 9.97 Å². The highest BCUT2D eigenvalue weighted by Crippen LogP contribution is 2.15. The number of hydrogen-bond donors (Lipinski definition) is 2. The molecule has 0 radical (unpaired) electrons. The minimum atomic E-state index is 0.297. The van der Waals surface area contributed by atoms with E-state index in [-0.39, 0.29) is 0 Å². The van der Waals surface area contributed by atoms with Crippen molar-refractivity contribution < 1.29 is 0 Å². The van der Waals surface area contributed by atoms with Crippen molar-refractivity contribution in [2.75, 3.05) is 11.1 Å². The second-order valence-electron chi connectivity index (χ2n) is 3.99. The molecule has 1 heterocycles. The van der Waals surface area contributed by atoms with Gasteiger partial charge in [-0.25, -0.2) is 9.97 Å². The van der Waals surface area contributed by atoms with E-state index in [2.05, 4.69) is 29.1 Å². The van der Waals surface area contributed by atoms with Crippen molar-refractivity contribution in [3.63, 3.8) is 0 Å². The van der Waals surface area contributed by atoms with Crippen molar-refractivity contribution in [2.24, 2.45) is 0 Å². The smallest absolute Gasteiger partial charge is 0.135 e. The number of anilines is 2. The summed E-state index contributed by atoms with van der Waals surface area (Å²) in [4.78, 5) is 8.54. The van der Waals surface area contributed by atoms with Crippen LogP contribution in [0.3, 0.4) is 0 Å². The number of nitrogen functional groups attached to an aromatic ring is 1. The zero-order valence-corrected chi connectivity index (χ0v) is 9.20. The Morgan fingerprint density at radius 3 is 2.36 bits per heavy atom. The van der Waals surface area contributed by atoms with Crippen molar-refractivity contribution in [1.29, 1.82) is 0 Å². The van der Waals surface area contributed by atoms with Crippen molar-refractivity contribution in [2.45, 2.75) is 39.7 Å². The second kappa shape index (κ2) is 4.26. The van der Waals surface area contributed by atoms with Gasteiger partial charge in [0.05, 0.1) is 0 Å². The largest absolute Gasteiger partial charge is 0.384 e. The van der Waals surface area contributed by atoms with E-state index in [0.717, 1.165) is 11.6 Å². The highest BCUT2D eigenvalue weighted by Gasteiger charge is 2.06. The molecule has 1 aromatic rings. The first-order valence-electron chi connectivity index (χ1n) is 4.90. The molecule has 1 aromatic heterocycles. The molecule has 0 atom stereocenters. The molecule has 0 unspecified atom stereocenters. The second-order valence-corrected chi connectivity index (χ2v) is 3.99. The van der Waals surface area contributed by atoms with Gasteiger partial charge in [0.15, 0.2) is 0 Å². The monoisotopic (exact) mass is 194 g/mol. The van der Waals surface area contributed by atoms with Gasteiger partial charge in [-0.15, -0.1) is 0 Å². The fourth-order valence-corrected chi connectivity index (χ4v) is 1.11. The molecule has 0 aliphatic rings. The first-order chi connectivity index (χ1) is 6.49. The normalized spacial score (nSPS) is 11.0. The van der Waals surface area contributed by atoms with Crippen LogP contribution in [-0.2, 0) is 0 Å². The molecule has 4 heteroatoms. The van der Waals surface area contributed by atoms with Crippen LogP contribution in [-0.4, -0.2) is 16.0 Å². The van der Waals surface area contributed by atoms with E-state index in [0.29, 0.717) is 17.8 Å². The Bertz CT molecular complexity index is 307. The third-order valence-corrected chi connectivity index (χ3v) is 1.72. The third kappa shape index (κ3) is 2.87. The molecule has 3 N–H and O–H groups in total.